The van der Waals surface area contributed by atoms with Crippen LogP contribution in [0.4, 0.5) is 4.39 Å². The first-order chi connectivity index (χ1) is 9.69. The van der Waals surface area contributed by atoms with Crippen molar-refractivity contribution in [3.63, 3.8) is 0 Å². The van der Waals surface area contributed by atoms with E-state index in [-0.39, 0.29) is 18.2 Å². The maximum Gasteiger partial charge on any atom is 0.165 e. The molecule has 0 aliphatic carbocycles. The van der Waals surface area contributed by atoms with E-state index in [2.05, 4.69) is 33.2 Å². The Morgan fingerprint density at radius 3 is 3.10 bits per heavy atom. The molecule has 0 aliphatic heterocycles. The third-order valence-electron chi connectivity index (χ3n) is 2.57. The van der Waals surface area contributed by atoms with Gasteiger partial charge in [0.05, 0.1) is 5.69 Å². The summed E-state index contributed by atoms with van der Waals surface area (Å²) >= 11 is 4.88. The topological polar surface area (TPSA) is 34.2 Å². The Hall–Kier alpha value is -0.980. The lowest BCUT2D eigenvalue weighted by Crippen LogP contribution is -2.13. The number of aromatic nitrogens is 1. The average Bonchev–Trinajstić information content (AvgIpc) is 2.88. The van der Waals surface area contributed by atoms with Crippen LogP contribution in [0.2, 0.25) is 0 Å². The number of thiazole rings is 1. The highest BCUT2D eigenvalue weighted by Crippen LogP contribution is 2.23. The van der Waals surface area contributed by atoms with Crippen molar-refractivity contribution in [3.05, 3.63) is 44.6 Å². The molecule has 6 heteroatoms. The van der Waals surface area contributed by atoms with Gasteiger partial charge in [-0.2, -0.15) is 0 Å². The van der Waals surface area contributed by atoms with E-state index in [0.717, 1.165) is 34.7 Å². The summed E-state index contributed by atoms with van der Waals surface area (Å²) in [5, 5.41) is 6.26. The van der Waals surface area contributed by atoms with E-state index in [9.17, 15) is 4.39 Å². The highest BCUT2D eigenvalue weighted by Gasteiger charge is 2.06. The Balaban J connectivity index is 1.89. The Morgan fingerprint density at radius 1 is 1.45 bits per heavy atom. The summed E-state index contributed by atoms with van der Waals surface area (Å²) in [6.45, 7) is 4.15. The molecule has 0 aliphatic rings. The molecule has 1 aromatic carbocycles. The standard InChI is InChI=1S/C14H16BrFN2OS/c1-2-5-17-7-14-18-11(9-20-14)8-19-13-6-10(15)3-4-12(13)16/h3-4,6,9,17H,2,5,7-8H2,1H3. The van der Waals surface area contributed by atoms with E-state index in [1.54, 1.807) is 23.5 Å². The lowest BCUT2D eigenvalue weighted by molar-refractivity contribution is 0.286. The molecule has 1 aromatic heterocycles. The van der Waals surface area contributed by atoms with Gasteiger partial charge in [-0.05, 0) is 31.2 Å². The molecule has 0 fully saturated rings. The zero-order valence-corrected chi connectivity index (χ0v) is 13.6. The van der Waals surface area contributed by atoms with Crippen LogP contribution in [-0.2, 0) is 13.2 Å². The van der Waals surface area contributed by atoms with Crippen LogP contribution in [0.3, 0.4) is 0 Å². The van der Waals surface area contributed by atoms with E-state index >= 15 is 0 Å². The van der Waals surface area contributed by atoms with Crippen LogP contribution in [0.15, 0.2) is 28.1 Å². The third-order valence-corrected chi connectivity index (χ3v) is 3.96. The zero-order chi connectivity index (χ0) is 14.4. The van der Waals surface area contributed by atoms with Gasteiger partial charge >= 0.3 is 0 Å². The number of hydrogen-bond donors (Lipinski definition) is 1. The van der Waals surface area contributed by atoms with Crippen molar-refractivity contribution in [2.45, 2.75) is 26.5 Å². The lowest BCUT2D eigenvalue weighted by atomic mass is 10.3. The van der Waals surface area contributed by atoms with Gasteiger partial charge in [0.25, 0.3) is 0 Å². The van der Waals surface area contributed by atoms with Gasteiger partial charge in [0.2, 0.25) is 0 Å². The molecule has 0 atom stereocenters. The van der Waals surface area contributed by atoms with Gasteiger partial charge in [0.1, 0.15) is 11.6 Å². The van der Waals surface area contributed by atoms with Crippen molar-refractivity contribution in [2.75, 3.05) is 6.54 Å². The molecule has 0 spiro atoms. The van der Waals surface area contributed by atoms with Crippen molar-refractivity contribution in [2.24, 2.45) is 0 Å². The molecule has 0 saturated carbocycles. The molecule has 108 valence electrons. The summed E-state index contributed by atoms with van der Waals surface area (Å²) in [5.74, 6) is -0.133. The number of hydrogen-bond acceptors (Lipinski definition) is 4. The van der Waals surface area contributed by atoms with Crippen molar-refractivity contribution in [1.82, 2.24) is 10.3 Å². The molecule has 20 heavy (non-hydrogen) atoms. The second-order valence-corrected chi connectivity index (χ2v) is 6.13. The monoisotopic (exact) mass is 358 g/mol. The summed E-state index contributed by atoms with van der Waals surface area (Å²) in [6, 6.07) is 4.63. The van der Waals surface area contributed by atoms with E-state index in [1.165, 1.54) is 6.07 Å². The second-order valence-electron chi connectivity index (χ2n) is 4.27. The molecule has 0 unspecified atom stereocenters. The quantitative estimate of drug-likeness (QED) is 0.755. The molecule has 0 saturated heterocycles. The highest BCUT2D eigenvalue weighted by molar-refractivity contribution is 9.10. The number of nitrogens with zero attached hydrogens (tertiary/aromatic N) is 1. The Bertz CT molecular complexity index is 562. The normalized spacial score (nSPS) is 10.8. The molecular formula is C14H16BrFN2OS. The van der Waals surface area contributed by atoms with Crippen LogP contribution >= 0.6 is 27.3 Å². The van der Waals surface area contributed by atoms with Gasteiger partial charge in [-0.1, -0.05) is 22.9 Å². The van der Waals surface area contributed by atoms with Gasteiger partial charge < -0.3 is 10.1 Å². The summed E-state index contributed by atoms with van der Waals surface area (Å²) in [5.41, 5.74) is 0.822. The van der Waals surface area contributed by atoms with E-state index in [1.807, 2.05) is 5.38 Å². The minimum absolute atomic E-state index is 0.234. The average molecular weight is 359 g/mol. The van der Waals surface area contributed by atoms with E-state index in [4.69, 9.17) is 4.74 Å². The Kier molecular flexibility index (Phi) is 5.94. The Labute approximate surface area is 130 Å². The van der Waals surface area contributed by atoms with Gasteiger partial charge in [-0.15, -0.1) is 11.3 Å². The molecule has 2 rings (SSSR count). The molecule has 1 heterocycles. The Morgan fingerprint density at radius 2 is 2.30 bits per heavy atom. The number of halogens is 2. The van der Waals surface area contributed by atoms with Gasteiger partial charge in [-0.25, -0.2) is 9.37 Å². The number of ether oxygens (including phenoxy) is 1. The van der Waals surface area contributed by atoms with Gasteiger partial charge in [0.15, 0.2) is 11.6 Å². The van der Waals surface area contributed by atoms with Gasteiger partial charge in [-0.3, -0.25) is 0 Å². The molecule has 3 nitrogen and oxygen atoms in total. The summed E-state index contributed by atoms with van der Waals surface area (Å²) in [4.78, 5) is 4.45. The fraction of sp³-hybridized carbons (Fsp3) is 0.357. The summed E-state index contributed by atoms with van der Waals surface area (Å²) in [6.07, 6.45) is 1.10. The fourth-order valence-corrected chi connectivity index (χ4v) is 2.70. The van der Waals surface area contributed by atoms with Crippen LogP contribution in [0.1, 0.15) is 24.0 Å². The first-order valence-electron chi connectivity index (χ1n) is 6.41. The SMILES string of the molecule is CCCNCc1nc(COc2cc(Br)ccc2F)cs1. The minimum atomic E-state index is -0.367. The predicted octanol–water partition coefficient (Wildman–Crippen LogP) is 4.12. The first kappa shape index (κ1) is 15.4. The summed E-state index contributed by atoms with van der Waals surface area (Å²) in [7, 11) is 0. The molecule has 0 bridgehead atoms. The highest BCUT2D eigenvalue weighted by atomic mass is 79.9. The molecular weight excluding hydrogens is 343 g/mol. The zero-order valence-electron chi connectivity index (χ0n) is 11.2. The number of rotatable bonds is 7. The van der Waals surface area contributed by atoms with Crippen molar-refractivity contribution < 1.29 is 9.13 Å². The first-order valence-corrected chi connectivity index (χ1v) is 8.08. The second kappa shape index (κ2) is 7.71. The van der Waals surface area contributed by atoms with Crippen LogP contribution < -0.4 is 10.1 Å². The smallest absolute Gasteiger partial charge is 0.165 e. The van der Waals surface area contributed by atoms with E-state index in [0.29, 0.717) is 0 Å². The van der Waals surface area contributed by atoms with E-state index < -0.39 is 0 Å². The predicted molar refractivity (Wildman–Crippen MR) is 82.5 cm³/mol. The van der Waals surface area contributed by atoms with Gasteiger partial charge in [0, 0.05) is 16.4 Å². The van der Waals surface area contributed by atoms with Crippen LogP contribution in [0.25, 0.3) is 0 Å². The number of nitrogens with one attached hydrogen (secondary N) is 1. The van der Waals surface area contributed by atoms with Crippen molar-refractivity contribution in [3.8, 4) is 5.75 Å². The van der Waals surface area contributed by atoms with Crippen LogP contribution in [0.5, 0.6) is 5.75 Å². The van der Waals surface area contributed by atoms with Crippen LogP contribution in [0, 0.1) is 5.82 Å². The molecule has 2 aromatic rings. The molecule has 0 radical (unpaired) electrons. The largest absolute Gasteiger partial charge is 0.484 e. The summed E-state index contributed by atoms with van der Waals surface area (Å²) < 4.78 is 19.8. The maximum atomic E-state index is 13.5. The molecule has 1 N–H and O–H groups in total. The van der Waals surface area contributed by atoms with Crippen LogP contribution in [-0.4, -0.2) is 11.5 Å². The fourth-order valence-electron chi connectivity index (χ4n) is 1.61. The third kappa shape index (κ3) is 4.54. The minimum Gasteiger partial charge on any atom is -0.484 e. The lowest BCUT2D eigenvalue weighted by Gasteiger charge is -2.05. The maximum absolute atomic E-state index is 13.5. The number of benzene rings is 1. The van der Waals surface area contributed by atoms with Crippen molar-refractivity contribution in [1.29, 1.82) is 0 Å². The molecule has 0 amide bonds. The van der Waals surface area contributed by atoms with Crippen molar-refractivity contribution >= 4 is 27.3 Å².